The van der Waals surface area contributed by atoms with Crippen LogP contribution < -0.4 is 5.32 Å². The van der Waals surface area contributed by atoms with Gasteiger partial charge >= 0.3 is 0 Å². The number of likely N-dealkylation sites (tertiary alicyclic amines) is 1. The Bertz CT molecular complexity index is 477. The predicted octanol–water partition coefficient (Wildman–Crippen LogP) is 1.20. The number of amides is 2. The van der Waals surface area contributed by atoms with Gasteiger partial charge in [0.15, 0.2) is 5.76 Å². The maximum absolute atomic E-state index is 12.1. The molecular weight excluding hydrogens is 282 g/mol. The minimum absolute atomic E-state index is 0.0139. The standard InChI is InChI=1S/C16H25N3O3/c1-18(2)9-4-8-17-15(20)13-6-10-19(11-7-13)16(21)14-5-3-12-22-14/h3,5,12-13H,4,6-11H2,1-2H3,(H,17,20). The fraction of sp³-hybridized carbons (Fsp3) is 0.625. The molecule has 0 saturated carbocycles. The third-order valence-corrected chi connectivity index (χ3v) is 3.97. The van der Waals surface area contributed by atoms with Gasteiger partial charge in [-0.25, -0.2) is 0 Å². The Morgan fingerprint density at radius 3 is 2.68 bits per heavy atom. The van der Waals surface area contributed by atoms with Crippen molar-refractivity contribution in [3.8, 4) is 0 Å². The molecule has 1 aromatic heterocycles. The van der Waals surface area contributed by atoms with Gasteiger partial charge in [-0.05, 0) is 52.0 Å². The van der Waals surface area contributed by atoms with E-state index in [2.05, 4.69) is 10.2 Å². The lowest BCUT2D eigenvalue weighted by Crippen LogP contribution is -2.43. The maximum atomic E-state index is 12.1. The summed E-state index contributed by atoms with van der Waals surface area (Å²) in [5.74, 6) is 0.408. The third kappa shape index (κ3) is 4.59. The predicted molar refractivity (Wildman–Crippen MR) is 83.5 cm³/mol. The Morgan fingerprint density at radius 1 is 1.36 bits per heavy atom. The average Bonchev–Trinajstić information content (AvgIpc) is 3.05. The fourth-order valence-electron chi connectivity index (χ4n) is 2.65. The van der Waals surface area contributed by atoms with Crippen LogP contribution in [0.25, 0.3) is 0 Å². The van der Waals surface area contributed by atoms with Crippen LogP contribution in [-0.2, 0) is 4.79 Å². The molecule has 2 rings (SSSR count). The van der Waals surface area contributed by atoms with Crippen LogP contribution in [0.5, 0.6) is 0 Å². The number of piperidine rings is 1. The Hall–Kier alpha value is -1.82. The van der Waals surface area contributed by atoms with E-state index in [-0.39, 0.29) is 17.7 Å². The van der Waals surface area contributed by atoms with E-state index in [0.29, 0.717) is 38.2 Å². The molecule has 2 heterocycles. The topological polar surface area (TPSA) is 65.8 Å². The smallest absolute Gasteiger partial charge is 0.289 e. The molecule has 0 bridgehead atoms. The van der Waals surface area contributed by atoms with E-state index in [4.69, 9.17) is 4.42 Å². The Labute approximate surface area is 131 Å². The molecule has 1 fully saturated rings. The molecule has 6 heteroatoms. The first-order valence-corrected chi connectivity index (χ1v) is 7.83. The van der Waals surface area contributed by atoms with Crippen LogP contribution in [0.4, 0.5) is 0 Å². The van der Waals surface area contributed by atoms with E-state index in [1.807, 2.05) is 14.1 Å². The number of hydrogen-bond donors (Lipinski definition) is 1. The van der Waals surface area contributed by atoms with Gasteiger partial charge in [0, 0.05) is 25.6 Å². The first-order chi connectivity index (χ1) is 10.6. The number of nitrogens with one attached hydrogen (secondary N) is 1. The van der Waals surface area contributed by atoms with Crippen molar-refractivity contribution in [2.24, 2.45) is 5.92 Å². The fourth-order valence-corrected chi connectivity index (χ4v) is 2.65. The number of nitrogens with zero attached hydrogens (tertiary/aromatic N) is 2. The molecule has 0 radical (unpaired) electrons. The van der Waals surface area contributed by atoms with Crippen molar-refractivity contribution in [3.05, 3.63) is 24.2 Å². The van der Waals surface area contributed by atoms with E-state index in [0.717, 1.165) is 13.0 Å². The van der Waals surface area contributed by atoms with Crippen molar-refractivity contribution in [3.63, 3.8) is 0 Å². The van der Waals surface area contributed by atoms with Gasteiger partial charge < -0.3 is 19.5 Å². The molecule has 2 amide bonds. The molecule has 22 heavy (non-hydrogen) atoms. The lowest BCUT2D eigenvalue weighted by Gasteiger charge is -2.30. The number of carbonyl (C=O) groups is 2. The van der Waals surface area contributed by atoms with Crippen molar-refractivity contribution in [2.45, 2.75) is 19.3 Å². The molecule has 0 atom stereocenters. The average molecular weight is 307 g/mol. The van der Waals surface area contributed by atoms with Crippen molar-refractivity contribution in [1.82, 2.24) is 15.1 Å². The summed E-state index contributed by atoms with van der Waals surface area (Å²) >= 11 is 0. The Balaban J connectivity index is 1.70. The van der Waals surface area contributed by atoms with Gasteiger partial charge in [0.05, 0.1) is 6.26 Å². The second kappa shape index (κ2) is 7.98. The molecular formula is C16H25N3O3. The molecule has 1 aliphatic heterocycles. The first kappa shape index (κ1) is 16.5. The van der Waals surface area contributed by atoms with Crippen LogP contribution >= 0.6 is 0 Å². The van der Waals surface area contributed by atoms with E-state index in [1.54, 1.807) is 17.0 Å². The number of hydrogen-bond acceptors (Lipinski definition) is 4. The lowest BCUT2D eigenvalue weighted by molar-refractivity contribution is -0.126. The highest BCUT2D eigenvalue weighted by Crippen LogP contribution is 2.19. The quantitative estimate of drug-likeness (QED) is 0.802. The van der Waals surface area contributed by atoms with E-state index in [1.165, 1.54) is 6.26 Å². The van der Waals surface area contributed by atoms with Crippen LogP contribution in [0.3, 0.4) is 0 Å². The summed E-state index contributed by atoms with van der Waals surface area (Å²) < 4.78 is 5.13. The zero-order chi connectivity index (χ0) is 15.9. The molecule has 0 unspecified atom stereocenters. The van der Waals surface area contributed by atoms with Gasteiger partial charge in [-0.1, -0.05) is 0 Å². The van der Waals surface area contributed by atoms with E-state index in [9.17, 15) is 9.59 Å². The van der Waals surface area contributed by atoms with Crippen LogP contribution in [0, 0.1) is 5.92 Å². The minimum atomic E-state index is -0.0881. The van der Waals surface area contributed by atoms with Crippen LogP contribution in [0.2, 0.25) is 0 Å². The largest absolute Gasteiger partial charge is 0.459 e. The first-order valence-electron chi connectivity index (χ1n) is 7.83. The van der Waals surface area contributed by atoms with Crippen molar-refractivity contribution in [2.75, 3.05) is 40.3 Å². The normalized spacial score (nSPS) is 16.0. The SMILES string of the molecule is CN(C)CCCNC(=O)C1CCN(C(=O)c2ccco2)CC1. The molecule has 1 N–H and O–H groups in total. The summed E-state index contributed by atoms with van der Waals surface area (Å²) in [7, 11) is 4.04. The maximum Gasteiger partial charge on any atom is 0.289 e. The number of furan rings is 1. The summed E-state index contributed by atoms with van der Waals surface area (Å²) in [6.07, 6.45) is 3.88. The molecule has 1 saturated heterocycles. The second-order valence-electron chi connectivity index (χ2n) is 5.99. The summed E-state index contributed by atoms with van der Waals surface area (Å²) in [5.41, 5.74) is 0. The zero-order valence-corrected chi connectivity index (χ0v) is 13.4. The molecule has 0 aromatic carbocycles. The van der Waals surface area contributed by atoms with Gasteiger partial charge in [-0.15, -0.1) is 0 Å². The van der Waals surface area contributed by atoms with E-state index >= 15 is 0 Å². The molecule has 6 nitrogen and oxygen atoms in total. The van der Waals surface area contributed by atoms with Crippen molar-refractivity contribution >= 4 is 11.8 Å². The molecule has 1 aliphatic rings. The summed E-state index contributed by atoms with van der Waals surface area (Å²) in [5, 5.41) is 2.99. The highest BCUT2D eigenvalue weighted by Gasteiger charge is 2.28. The monoisotopic (exact) mass is 307 g/mol. The van der Waals surface area contributed by atoms with Crippen molar-refractivity contribution in [1.29, 1.82) is 0 Å². The van der Waals surface area contributed by atoms with Crippen molar-refractivity contribution < 1.29 is 14.0 Å². The molecule has 0 aliphatic carbocycles. The molecule has 122 valence electrons. The summed E-state index contributed by atoms with van der Waals surface area (Å²) in [6, 6.07) is 3.38. The van der Waals surface area contributed by atoms with Gasteiger partial charge in [-0.3, -0.25) is 9.59 Å². The van der Waals surface area contributed by atoms with Gasteiger partial charge in [0.2, 0.25) is 5.91 Å². The van der Waals surface area contributed by atoms with Gasteiger partial charge in [-0.2, -0.15) is 0 Å². The highest BCUT2D eigenvalue weighted by molar-refractivity contribution is 5.91. The number of rotatable bonds is 6. The second-order valence-corrected chi connectivity index (χ2v) is 5.99. The van der Waals surface area contributed by atoms with Crippen LogP contribution in [0.1, 0.15) is 29.8 Å². The van der Waals surface area contributed by atoms with Gasteiger partial charge in [0.25, 0.3) is 5.91 Å². The number of carbonyl (C=O) groups excluding carboxylic acids is 2. The highest BCUT2D eigenvalue weighted by atomic mass is 16.3. The van der Waals surface area contributed by atoms with Crippen LogP contribution in [-0.4, -0.2) is 61.9 Å². The third-order valence-electron chi connectivity index (χ3n) is 3.97. The lowest BCUT2D eigenvalue weighted by atomic mass is 9.95. The summed E-state index contributed by atoms with van der Waals surface area (Å²) in [6.45, 7) is 2.89. The molecule has 1 aromatic rings. The van der Waals surface area contributed by atoms with E-state index < -0.39 is 0 Å². The summed E-state index contributed by atoms with van der Waals surface area (Å²) in [4.78, 5) is 28.1. The Kier molecular flexibility index (Phi) is 6.00. The Morgan fingerprint density at radius 2 is 2.09 bits per heavy atom. The minimum Gasteiger partial charge on any atom is -0.459 e. The molecule has 0 spiro atoms. The van der Waals surface area contributed by atoms with Gasteiger partial charge in [0.1, 0.15) is 0 Å². The van der Waals surface area contributed by atoms with Crippen LogP contribution in [0.15, 0.2) is 22.8 Å². The zero-order valence-electron chi connectivity index (χ0n) is 13.4.